The van der Waals surface area contributed by atoms with Gasteiger partial charge in [-0.3, -0.25) is 0 Å². The van der Waals surface area contributed by atoms with E-state index in [1.807, 2.05) is 0 Å². The highest BCUT2D eigenvalue weighted by Crippen LogP contribution is 2.24. The summed E-state index contributed by atoms with van der Waals surface area (Å²) >= 11 is 5.65. The molecular weight excluding hydrogens is 296 g/mol. The number of halogens is 1. The first-order valence-electron chi connectivity index (χ1n) is 6.90. The van der Waals surface area contributed by atoms with E-state index in [9.17, 15) is 8.42 Å². The Balaban J connectivity index is 1.89. The van der Waals surface area contributed by atoms with Crippen LogP contribution in [0.15, 0.2) is 24.4 Å². The lowest BCUT2D eigenvalue weighted by atomic mass is 9.89. The molecule has 20 heavy (non-hydrogen) atoms. The van der Waals surface area contributed by atoms with Gasteiger partial charge in [-0.15, -0.1) is 0 Å². The minimum absolute atomic E-state index is 0.0606. The van der Waals surface area contributed by atoms with Crippen molar-refractivity contribution in [3.63, 3.8) is 0 Å². The Kier molecular flexibility index (Phi) is 5.54. The maximum atomic E-state index is 12.0. The molecule has 0 N–H and O–H groups in total. The normalized spacial score (nSPS) is 17.6. The second-order valence-corrected chi connectivity index (χ2v) is 7.65. The molecule has 0 unspecified atom stereocenters. The van der Waals surface area contributed by atoms with Crippen molar-refractivity contribution in [3.05, 3.63) is 35.4 Å². The summed E-state index contributed by atoms with van der Waals surface area (Å²) in [4.78, 5) is 7.65. The van der Waals surface area contributed by atoms with Crippen LogP contribution in [0.4, 0.5) is 0 Å². The second-order valence-electron chi connectivity index (χ2n) is 5.20. The summed E-state index contributed by atoms with van der Waals surface area (Å²) in [5.74, 6) is 0.516. The predicted octanol–water partition coefficient (Wildman–Crippen LogP) is 3.18. The molecule has 0 spiro atoms. The van der Waals surface area contributed by atoms with Crippen molar-refractivity contribution >= 4 is 21.4 Å². The third-order valence-electron chi connectivity index (χ3n) is 3.46. The molecule has 0 radical (unpaired) electrons. The average Bonchev–Trinajstić information content (AvgIpc) is 2.39. The Morgan fingerprint density at radius 2 is 2.05 bits per heavy atom. The van der Waals surface area contributed by atoms with Gasteiger partial charge in [0.15, 0.2) is 9.84 Å². The van der Waals surface area contributed by atoms with Crippen LogP contribution in [0.3, 0.4) is 0 Å². The van der Waals surface area contributed by atoms with Crippen molar-refractivity contribution in [3.8, 4) is 0 Å². The monoisotopic (exact) mass is 314 g/mol. The third-order valence-corrected chi connectivity index (χ3v) is 5.08. The van der Waals surface area contributed by atoms with Gasteiger partial charge >= 0.3 is 0 Å². The van der Waals surface area contributed by atoms with Crippen molar-refractivity contribution in [1.82, 2.24) is 9.97 Å². The van der Waals surface area contributed by atoms with E-state index in [2.05, 4.69) is 16.0 Å². The molecule has 1 aromatic heterocycles. The number of aromatic nitrogens is 2. The van der Waals surface area contributed by atoms with Gasteiger partial charge in [0.1, 0.15) is 0 Å². The lowest BCUT2D eigenvalue weighted by Crippen LogP contribution is -2.10. The fourth-order valence-corrected chi connectivity index (χ4v) is 3.75. The maximum Gasteiger partial charge on any atom is 0.222 e. The highest BCUT2D eigenvalue weighted by Gasteiger charge is 2.13. The van der Waals surface area contributed by atoms with E-state index in [0.29, 0.717) is 11.6 Å². The molecule has 6 heteroatoms. The first kappa shape index (κ1) is 15.4. The zero-order valence-electron chi connectivity index (χ0n) is 11.3. The lowest BCUT2D eigenvalue weighted by molar-refractivity contribution is 0.419. The molecule has 110 valence electrons. The molecule has 1 aliphatic carbocycles. The number of nitrogens with zero attached hydrogens (tertiary/aromatic N) is 2. The first-order chi connectivity index (χ1) is 9.55. The molecule has 1 aliphatic rings. The Morgan fingerprint density at radius 1 is 1.30 bits per heavy atom. The second kappa shape index (κ2) is 7.18. The zero-order valence-corrected chi connectivity index (χ0v) is 12.9. The van der Waals surface area contributed by atoms with Crippen LogP contribution in [0.1, 0.15) is 37.8 Å². The van der Waals surface area contributed by atoms with Crippen LogP contribution in [0, 0.1) is 5.92 Å². The van der Waals surface area contributed by atoms with Crippen LogP contribution in [-0.2, 0) is 15.6 Å². The number of rotatable bonds is 5. The maximum absolute atomic E-state index is 12.0. The summed E-state index contributed by atoms with van der Waals surface area (Å²) in [5, 5.41) is 0.0791. The van der Waals surface area contributed by atoms with Gasteiger partial charge in [0.25, 0.3) is 0 Å². The van der Waals surface area contributed by atoms with Crippen molar-refractivity contribution in [1.29, 1.82) is 0 Å². The fourth-order valence-electron chi connectivity index (χ4n) is 2.46. The van der Waals surface area contributed by atoms with E-state index < -0.39 is 9.84 Å². The quantitative estimate of drug-likeness (QED) is 0.618. The lowest BCUT2D eigenvalue weighted by Gasteiger charge is -2.17. The van der Waals surface area contributed by atoms with Gasteiger partial charge in [-0.2, -0.15) is 0 Å². The largest absolute Gasteiger partial charge is 0.228 e. The fraction of sp³-hybridized carbons (Fsp3) is 0.571. The zero-order chi connectivity index (χ0) is 14.4. The van der Waals surface area contributed by atoms with E-state index in [-0.39, 0.29) is 16.8 Å². The van der Waals surface area contributed by atoms with E-state index in [4.69, 9.17) is 11.6 Å². The van der Waals surface area contributed by atoms with Gasteiger partial charge in [0.05, 0.1) is 17.2 Å². The van der Waals surface area contributed by atoms with E-state index in [1.165, 1.54) is 38.3 Å². The summed E-state index contributed by atoms with van der Waals surface area (Å²) in [6, 6.07) is 1.58. The summed E-state index contributed by atoms with van der Waals surface area (Å²) in [6.45, 7) is 0. The Hall–Kier alpha value is -0.940. The van der Waals surface area contributed by atoms with Crippen LogP contribution in [-0.4, -0.2) is 24.1 Å². The molecule has 2 rings (SSSR count). The molecule has 0 bridgehead atoms. The van der Waals surface area contributed by atoms with Crippen LogP contribution in [0.5, 0.6) is 0 Å². The highest BCUT2D eigenvalue weighted by molar-refractivity contribution is 7.90. The molecule has 0 aromatic carbocycles. The van der Waals surface area contributed by atoms with Gasteiger partial charge in [-0.1, -0.05) is 31.4 Å². The van der Waals surface area contributed by atoms with Crippen LogP contribution < -0.4 is 0 Å². The van der Waals surface area contributed by atoms with Gasteiger partial charge in [-0.25, -0.2) is 18.4 Å². The van der Waals surface area contributed by atoms with Crippen LogP contribution in [0.2, 0.25) is 5.28 Å². The molecule has 1 aromatic rings. The summed E-state index contributed by atoms with van der Waals surface area (Å²) in [5.41, 5.74) is 0.441. The predicted molar refractivity (Wildman–Crippen MR) is 80.2 cm³/mol. The molecule has 0 saturated heterocycles. The Bertz CT molecular complexity index is 566. The first-order valence-corrected chi connectivity index (χ1v) is 9.09. The van der Waals surface area contributed by atoms with Gasteiger partial charge in [0.2, 0.25) is 5.28 Å². The minimum Gasteiger partial charge on any atom is -0.228 e. The minimum atomic E-state index is -3.19. The van der Waals surface area contributed by atoms with Crippen molar-refractivity contribution in [2.75, 3.05) is 5.75 Å². The molecular formula is C14H19ClN2O2S. The smallest absolute Gasteiger partial charge is 0.222 e. The van der Waals surface area contributed by atoms with Crippen molar-refractivity contribution in [2.24, 2.45) is 5.92 Å². The summed E-state index contributed by atoms with van der Waals surface area (Å²) in [6.07, 6.45) is 11.5. The Morgan fingerprint density at radius 3 is 2.75 bits per heavy atom. The number of allylic oxidation sites excluding steroid dienone is 1. The molecule has 0 aliphatic heterocycles. The average molecular weight is 315 g/mol. The highest BCUT2D eigenvalue weighted by atomic mass is 35.5. The molecule has 0 atom stereocenters. The van der Waals surface area contributed by atoms with Crippen LogP contribution in [0.25, 0.3) is 0 Å². The van der Waals surface area contributed by atoms with E-state index in [1.54, 1.807) is 12.1 Å². The molecule has 1 heterocycles. The van der Waals surface area contributed by atoms with Crippen LogP contribution >= 0.6 is 11.6 Å². The SMILES string of the molecule is O=S(=O)(CC=CC1CCCCC1)Cc1ccnc(Cl)n1. The number of hydrogen-bond donors (Lipinski definition) is 0. The number of hydrogen-bond acceptors (Lipinski definition) is 4. The Labute approximate surface area is 125 Å². The molecule has 4 nitrogen and oxygen atoms in total. The topological polar surface area (TPSA) is 59.9 Å². The van der Waals surface area contributed by atoms with Crippen molar-refractivity contribution < 1.29 is 8.42 Å². The van der Waals surface area contributed by atoms with Gasteiger partial charge in [0, 0.05) is 6.20 Å². The molecule has 1 saturated carbocycles. The van der Waals surface area contributed by atoms with Crippen molar-refractivity contribution in [2.45, 2.75) is 37.9 Å². The molecule has 0 amide bonds. The summed E-state index contributed by atoms with van der Waals surface area (Å²) in [7, 11) is -3.19. The van der Waals surface area contributed by atoms with Gasteiger partial charge < -0.3 is 0 Å². The standard InChI is InChI=1S/C14H19ClN2O2S/c15-14-16-9-8-13(17-14)11-20(18,19)10-4-7-12-5-2-1-3-6-12/h4,7-9,12H,1-3,5-6,10-11H2. The molecule has 1 fully saturated rings. The van der Waals surface area contributed by atoms with E-state index in [0.717, 1.165) is 0 Å². The third kappa shape index (κ3) is 5.21. The van der Waals surface area contributed by atoms with Gasteiger partial charge in [-0.05, 0) is 36.4 Å². The summed E-state index contributed by atoms with van der Waals surface area (Å²) < 4.78 is 24.0. The van der Waals surface area contributed by atoms with E-state index >= 15 is 0 Å². The number of sulfone groups is 1.